The molecule has 1 aromatic heterocycles. The molecule has 0 fully saturated rings. The number of fused-ring (bicyclic) bond motifs is 9. The Morgan fingerprint density at radius 3 is 1.66 bits per heavy atom. The molecule has 3 aliphatic rings. The molecular weight excluding hydrogens is 821 g/mol. The SMILES string of the molecule is CC1(C)C2=C(C=CCC2)c2ccc(N(c3ccc(-c4ccccc4)cc3)c3ccc(-c4ccc5c(c4)c4ccc6c(c4n5-c4ccc(-c5ccccc5)cc4)C(C)(C)c4ccccc4-6)cc3)cc21. The highest BCUT2D eigenvalue weighted by atomic mass is 15.1. The minimum atomic E-state index is -0.171. The first-order chi connectivity index (χ1) is 33.2. The van der Waals surface area contributed by atoms with Crippen molar-refractivity contribution in [1.82, 2.24) is 4.57 Å². The molecule has 0 saturated carbocycles. The molecule has 0 spiro atoms. The third kappa shape index (κ3) is 6.17. The fraction of sp³-hybridized carbons (Fsp3) is 0.121. The molecule has 3 aliphatic carbocycles. The molecule has 0 amide bonds. The summed E-state index contributed by atoms with van der Waals surface area (Å²) in [4.78, 5) is 2.43. The molecule has 326 valence electrons. The van der Waals surface area contributed by atoms with Gasteiger partial charge in [0, 0.05) is 44.4 Å². The second-order valence-electron chi connectivity index (χ2n) is 20.0. The third-order valence-corrected chi connectivity index (χ3v) is 15.5. The van der Waals surface area contributed by atoms with Crippen molar-refractivity contribution in [3.8, 4) is 50.2 Å². The Morgan fingerprint density at radius 1 is 0.426 bits per heavy atom. The summed E-state index contributed by atoms with van der Waals surface area (Å²) < 4.78 is 2.53. The molecule has 0 bridgehead atoms. The van der Waals surface area contributed by atoms with Crippen LogP contribution in [0.2, 0.25) is 0 Å². The summed E-state index contributed by atoms with van der Waals surface area (Å²) in [6.07, 6.45) is 6.93. The van der Waals surface area contributed by atoms with Crippen LogP contribution in [-0.4, -0.2) is 4.57 Å². The van der Waals surface area contributed by atoms with E-state index in [0.717, 1.165) is 24.2 Å². The van der Waals surface area contributed by atoms with Crippen molar-refractivity contribution >= 4 is 44.4 Å². The summed E-state index contributed by atoms with van der Waals surface area (Å²) in [5, 5.41) is 2.54. The van der Waals surface area contributed by atoms with E-state index in [2.05, 4.69) is 256 Å². The second-order valence-corrected chi connectivity index (χ2v) is 20.0. The van der Waals surface area contributed by atoms with Crippen LogP contribution in [0.4, 0.5) is 17.1 Å². The van der Waals surface area contributed by atoms with Gasteiger partial charge >= 0.3 is 0 Å². The van der Waals surface area contributed by atoms with Crippen LogP contribution in [0.5, 0.6) is 0 Å². The van der Waals surface area contributed by atoms with E-state index >= 15 is 0 Å². The van der Waals surface area contributed by atoms with Crippen LogP contribution in [0.1, 0.15) is 62.8 Å². The van der Waals surface area contributed by atoms with E-state index in [9.17, 15) is 0 Å². The van der Waals surface area contributed by atoms with Gasteiger partial charge in [0.25, 0.3) is 0 Å². The molecule has 1 heterocycles. The highest BCUT2D eigenvalue weighted by molar-refractivity contribution is 6.14. The van der Waals surface area contributed by atoms with E-state index in [1.54, 1.807) is 5.57 Å². The maximum Gasteiger partial charge on any atom is 0.0588 e. The number of benzene rings is 9. The summed E-state index contributed by atoms with van der Waals surface area (Å²) in [6, 6.07) is 76.7. The maximum absolute atomic E-state index is 2.53. The van der Waals surface area contributed by atoms with Crippen LogP contribution in [0, 0.1) is 0 Å². The van der Waals surface area contributed by atoms with Gasteiger partial charge < -0.3 is 9.47 Å². The van der Waals surface area contributed by atoms with Gasteiger partial charge in [0.05, 0.1) is 11.0 Å². The van der Waals surface area contributed by atoms with Crippen LogP contribution in [0.3, 0.4) is 0 Å². The summed E-state index contributed by atoms with van der Waals surface area (Å²) in [6.45, 7) is 9.62. The van der Waals surface area contributed by atoms with Gasteiger partial charge in [-0.25, -0.2) is 0 Å². The minimum absolute atomic E-state index is 0.0225. The molecule has 10 aromatic rings. The molecule has 68 heavy (non-hydrogen) atoms. The number of anilines is 3. The molecule has 0 N–H and O–H groups in total. The summed E-state index contributed by atoms with van der Waals surface area (Å²) in [5.74, 6) is 0. The van der Waals surface area contributed by atoms with Gasteiger partial charge in [0.2, 0.25) is 0 Å². The molecule has 0 saturated heterocycles. The predicted octanol–water partition coefficient (Wildman–Crippen LogP) is 18.0. The zero-order valence-corrected chi connectivity index (χ0v) is 39.1. The Bertz CT molecular complexity index is 3680. The number of hydrogen-bond acceptors (Lipinski definition) is 1. The van der Waals surface area contributed by atoms with Crippen molar-refractivity contribution in [2.45, 2.75) is 51.4 Å². The van der Waals surface area contributed by atoms with Crippen molar-refractivity contribution in [3.05, 3.63) is 246 Å². The number of allylic oxidation sites excluding steroid dienone is 4. The molecule has 0 aliphatic heterocycles. The number of rotatable bonds is 7. The van der Waals surface area contributed by atoms with Gasteiger partial charge in [0.1, 0.15) is 0 Å². The van der Waals surface area contributed by atoms with Gasteiger partial charge in [-0.05, 0) is 146 Å². The largest absolute Gasteiger partial charge is 0.310 e. The number of aromatic nitrogens is 1. The number of hydrogen-bond donors (Lipinski definition) is 0. The lowest BCUT2D eigenvalue weighted by Gasteiger charge is -2.29. The van der Waals surface area contributed by atoms with Crippen molar-refractivity contribution in [2.75, 3.05) is 4.90 Å². The van der Waals surface area contributed by atoms with E-state index in [4.69, 9.17) is 0 Å². The maximum atomic E-state index is 2.53. The van der Waals surface area contributed by atoms with Gasteiger partial charge in [-0.3, -0.25) is 0 Å². The van der Waals surface area contributed by atoms with E-state index in [0.29, 0.717) is 0 Å². The highest BCUT2D eigenvalue weighted by Gasteiger charge is 2.39. The number of nitrogens with zero attached hydrogens (tertiary/aromatic N) is 2. The fourth-order valence-electron chi connectivity index (χ4n) is 12.1. The average molecular weight is 873 g/mol. The van der Waals surface area contributed by atoms with Crippen molar-refractivity contribution in [3.63, 3.8) is 0 Å². The zero-order valence-electron chi connectivity index (χ0n) is 39.1. The lowest BCUT2D eigenvalue weighted by molar-refractivity contribution is 0.607. The second kappa shape index (κ2) is 15.3. The zero-order chi connectivity index (χ0) is 45.7. The van der Waals surface area contributed by atoms with E-state index in [-0.39, 0.29) is 10.8 Å². The lowest BCUT2D eigenvalue weighted by Crippen LogP contribution is -2.18. The Labute approximate surface area is 399 Å². The van der Waals surface area contributed by atoms with Crippen LogP contribution < -0.4 is 4.90 Å². The third-order valence-electron chi connectivity index (χ3n) is 15.5. The van der Waals surface area contributed by atoms with Gasteiger partial charge in [-0.1, -0.05) is 191 Å². The van der Waals surface area contributed by atoms with Crippen LogP contribution >= 0.6 is 0 Å². The van der Waals surface area contributed by atoms with Crippen LogP contribution in [-0.2, 0) is 10.8 Å². The quantitative estimate of drug-likeness (QED) is 0.155. The molecule has 2 heteroatoms. The first-order valence-electron chi connectivity index (χ1n) is 24.2. The monoisotopic (exact) mass is 872 g/mol. The summed E-state index contributed by atoms with van der Waals surface area (Å²) in [7, 11) is 0. The van der Waals surface area contributed by atoms with E-state index < -0.39 is 0 Å². The fourth-order valence-corrected chi connectivity index (χ4v) is 12.1. The Morgan fingerprint density at radius 2 is 0.985 bits per heavy atom. The molecule has 13 rings (SSSR count). The molecule has 0 radical (unpaired) electrons. The van der Waals surface area contributed by atoms with E-state index in [1.807, 2.05) is 0 Å². The van der Waals surface area contributed by atoms with Crippen LogP contribution in [0.25, 0.3) is 77.6 Å². The lowest BCUT2D eigenvalue weighted by atomic mass is 9.78. The molecule has 2 nitrogen and oxygen atoms in total. The first kappa shape index (κ1) is 40.3. The molecule has 9 aromatic carbocycles. The Balaban J connectivity index is 0.931. The van der Waals surface area contributed by atoms with Gasteiger partial charge in [-0.2, -0.15) is 0 Å². The smallest absolute Gasteiger partial charge is 0.0588 e. The normalized spacial score (nSPS) is 15.1. The Kier molecular flexibility index (Phi) is 9.08. The van der Waals surface area contributed by atoms with Crippen molar-refractivity contribution < 1.29 is 0 Å². The minimum Gasteiger partial charge on any atom is -0.310 e. The van der Waals surface area contributed by atoms with Crippen LogP contribution in [0.15, 0.2) is 224 Å². The topological polar surface area (TPSA) is 8.17 Å². The van der Waals surface area contributed by atoms with Gasteiger partial charge in [-0.15, -0.1) is 0 Å². The summed E-state index contributed by atoms with van der Waals surface area (Å²) in [5.41, 5.74) is 25.4. The van der Waals surface area contributed by atoms with Crippen molar-refractivity contribution in [1.29, 1.82) is 0 Å². The molecule has 0 atom stereocenters. The molecular formula is C66H52N2. The first-order valence-corrected chi connectivity index (χ1v) is 24.2. The average Bonchev–Trinajstić information content (AvgIpc) is 3.93. The van der Waals surface area contributed by atoms with Gasteiger partial charge in [0.15, 0.2) is 0 Å². The summed E-state index contributed by atoms with van der Waals surface area (Å²) >= 11 is 0. The highest BCUT2D eigenvalue weighted by Crippen LogP contribution is 2.54. The Hall–Kier alpha value is -7.94. The predicted molar refractivity (Wildman–Crippen MR) is 288 cm³/mol. The van der Waals surface area contributed by atoms with E-state index in [1.165, 1.54) is 106 Å². The van der Waals surface area contributed by atoms with Crippen molar-refractivity contribution in [2.24, 2.45) is 0 Å². The molecule has 0 unspecified atom stereocenters. The standard InChI is InChI=1S/C66H52N2/c1-65(2)59-21-13-11-19-53(59)55-37-36-52(42-61(55)65)67(49-30-23-45(24-31-49)43-15-7-5-8-16-43)50-32-27-47(28-33-50)48-29-40-62-58(41-48)57-39-38-56-54-20-12-14-22-60(54)66(3,4)63(56)64(57)68(62)51-34-25-46(26-35-51)44-17-9-6-10-18-44/h5-12,14-20,22-42H,13,21H2,1-4H3.